The Labute approximate surface area is 245 Å². The number of allylic oxidation sites excluding steroid dienone is 6. The maximum absolute atomic E-state index is 9.67. The lowest BCUT2D eigenvalue weighted by Gasteiger charge is -2.19. The predicted octanol–water partition coefficient (Wildman–Crippen LogP) is 9.21. The third-order valence-corrected chi connectivity index (χ3v) is 7.50. The normalized spacial score (nSPS) is 12.1. The molecule has 0 amide bonds. The number of benzene rings is 5. The van der Waals surface area contributed by atoms with Gasteiger partial charge in [0.05, 0.1) is 23.3 Å². The summed E-state index contributed by atoms with van der Waals surface area (Å²) >= 11 is 0. The van der Waals surface area contributed by atoms with E-state index >= 15 is 0 Å². The molecule has 0 saturated heterocycles. The fourth-order valence-electron chi connectivity index (χ4n) is 5.46. The van der Waals surface area contributed by atoms with E-state index in [9.17, 15) is 10.5 Å². The Bertz CT molecular complexity index is 2000. The van der Waals surface area contributed by atoms with Crippen LogP contribution in [0.2, 0.25) is 0 Å². The van der Waals surface area contributed by atoms with Gasteiger partial charge in [0.1, 0.15) is 0 Å². The number of nitrogens with zero attached hydrogens (tertiary/aromatic N) is 2. The molecule has 0 heterocycles. The molecule has 0 aromatic heterocycles. The highest BCUT2D eigenvalue weighted by Gasteiger charge is 2.18. The quantitative estimate of drug-likeness (QED) is 0.0931. The topological polar surface area (TPSA) is 97.5 Å². The fraction of sp³-hybridized carbons (Fsp3) is 0.0263. The molecule has 0 bridgehead atoms. The number of rotatable bonds is 7. The van der Waals surface area contributed by atoms with Crippen LogP contribution in [0.15, 0.2) is 133 Å². The van der Waals surface area contributed by atoms with Gasteiger partial charge in [0.15, 0.2) is 0 Å². The van der Waals surface area contributed by atoms with Gasteiger partial charge < -0.3 is 11.1 Å². The van der Waals surface area contributed by atoms with Gasteiger partial charge in [-0.15, -0.1) is 0 Å². The van der Waals surface area contributed by atoms with Gasteiger partial charge in [-0.1, -0.05) is 91.5 Å². The average Bonchev–Trinajstić information content (AvgIpc) is 3.04. The molecule has 0 spiro atoms. The number of fused-ring (bicyclic) bond motifs is 2. The van der Waals surface area contributed by atoms with Crippen molar-refractivity contribution in [1.29, 1.82) is 15.9 Å². The molecule has 0 fully saturated rings. The first-order chi connectivity index (χ1) is 20.5. The SMILES string of the molecule is C=C(/C(C#N)=C\C=N)c1cccc(-c2c3ccccc3c(-c3cccc(/C(C)=C(C#N)/C=C\N)c3)c3ccccc23)c1. The van der Waals surface area contributed by atoms with E-state index in [1.807, 2.05) is 31.2 Å². The van der Waals surface area contributed by atoms with Crippen molar-refractivity contribution < 1.29 is 0 Å². The van der Waals surface area contributed by atoms with Crippen LogP contribution in [0.1, 0.15) is 18.1 Å². The van der Waals surface area contributed by atoms with E-state index in [4.69, 9.17) is 11.1 Å². The fourth-order valence-corrected chi connectivity index (χ4v) is 5.46. The number of hydrogen-bond acceptors (Lipinski definition) is 4. The van der Waals surface area contributed by atoms with Crippen LogP contribution in [0.4, 0.5) is 0 Å². The molecule has 4 nitrogen and oxygen atoms in total. The first-order valence-corrected chi connectivity index (χ1v) is 13.5. The second-order valence-electron chi connectivity index (χ2n) is 9.85. The third-order valence-electron chi connectivity index (χ3n) is 7.50. The lowest BCUT2D eigenvalue weighted by Crippen LogP contribution is -1.93. The summed E-state index contributed by atoms with van der Waals surface area (Å²) in [4.78, 5) is 0. The summed E-state index contributed by atoms with van der Waals surface area (Å²) in [6, 6.07) is 37.6. The zero-order chi connectivity index (χ0) is 29.6. The van der Waals surface area contributed by atoms with E-state index < -0.39 is 0 Å². The largest absolute Gasteiger partial charge is 0.405 e. The molecule has 0 aliphatic carbocycles. The van der Waals surface area contributed by atoms with Crippen molar-refractivity contribution >= 4 is 38.9 Å². The van der Waals surface area contributed by atoms with Gasteiger partial charge in [-0.25, -0.2) is 0 Å². The van der Waals surface area contributed by atoms with Crippen molar-refractivity contribution in [2.75, 3.05) is 0 Å². The minimum absolute atomic E-state index is 0.359. The van der Waals surface area contributed by atoms with Crippen LogP contribution in [0.5, 0.6) is 0 Å². The molecule has 0 aliphatic heterocycles. The molecule has 200 valence electrons. The Morgan fingerprint density at radius 3 is 1.69 bits per heavy atom. The highest BCUT2D eigenvalue weighted by Crippen LogP contribution is 2.44. The minimum atomic E-state index is 0.359. The van der Waals surface area contributed by atoms with E-state index in [1.165, 1.54) is 12.3 Å². The van der Waals surface area contributed by atoms with Crippen molar-refractivity contribution in [2.45, 2.75) is 6.92 Å². The molecule has 3 N–H and O–H groups in total. The molecule has 5 aromatic rings. The van der Waals surface area contributed by atoms with Crippen LogP contribution >= 0.6 is 0 Å². The second-order valence-corrected chi connectivity index (χ2v) is 9.85. The van der Waals surface area contributed by atoms with Gasteiger partial charge in [0.25, 0.3) is 0 Å². The van der Waals surface area contributed by atoms with Gasteiger partial charge in [-0.2, -0.15) is 10.5 Å². The van der Waals surface area contributed by atoms with E-state index in [0.29, 0.717) is 16.7 Å². The van der Waals surface area contributed by atoms with E-state index in [2.05, 4.69) is 91.5 Å². The van der Waals surface area contributed by atoms with Gasteiger partial charge in [0.2, 0.25) is 0 Å². The van der Waals surface area contributed by atoms with Crippen molar-refractivity contribution in [3.8, 4) is 34.4 Å². The molecule has 0 radical (unpaired) electrons. The standard InChI is InChI=1S/C38H28N4/c1-25(31(23-41)17-19-39)27-9-7-11-29(21-27)37-33-13-3-5-15-35(33)38(36-16-6-4-14-34(36)37)30-12-8-10-28(22-30)26(2)32(24-42)18-20-40/h3-22,39H,1,40H2,2H3/b20-18-,31-17-,32-26-,39-19?. The van der Waals surface area contributed by atoms with E-state index in [1.54, 1.807) is 6.08 Å². The first kappa shape index (κ1) is 27.6. The van der Waals surface area contributed by atoms with Gasteiger partial charge in [-0.3, -0.25) is 0 Å². The van der Waals surface area contributed by atoms with Crippen LogP contribution in [0.25, 0.3) is 54.9 Å². The molecule has 5 rings (SSSR count). The molecule has 0 unspecified atom stereocenters. The Balaban J connectivity index is 1.80. The van der Waals surface area contributed by atoms with Crippen molar-refractivity contribution in [2.24, 2.45) is 5.73 Å². The third kappa shape index (κ3) is 5.02. The van der Waals surface area contributed by atoms with Gasteiger partial charge >= 0.3 is 0 Å². The number of nitrogens with one attached hydrogen (secondary N) is 1. The maximum Gasteiger partial charge on any atom is 0.0998 e. The lowest BCUT2D eigenvalue weighted by atomic mass is 9.84. The molecule has 4 heteroatoms. The number of nitriles is 2. The van der Waals surface area contributed by atoms with Gasteiger partial charge in [-0.05, 0) is 103 Å². The molecule has 0 atom stereocenters. The summed E-state index contributed by atoms with van der Waals surface area (Å²) in [5, 5.41) is 31.1. The number of nitrogens with two attached hydrogens (primary N) is 1. The van der Waals surface area contributed by atoms with E-state index in [-0.39, 0.29) is 0 Å². The molecule has 0 saturated carbocycles. The Hall–Kier alpha value is -5.97. The highest BCUT2D eigenvalue weighted by atomic mass is 14.5. The van der Waals surface area contributed by atoms with Crippen LogP contribution in [0.3, 0.4) is 0 Å². The molecular weight excluding hydrogens is 512 g/mol. The molecular formula is C38H28N4. The highest BCUT2D eigenvalue weighted by molar-refractivity contribution is 6.21. The maximum atomic E-state index is 9.67. The predicted molar refractivity (Wildman–Crippen MR) is 175 cm³/mol. The summed E-state index contributed by atoms with van der Waals surface area (Å²) in [5.74, 6) is 0. The van der Waals surface area contributed by atoms with Gasteiger partial charge in [0, 0.05) is 6.21 Å². The minimum Gasteiger partial charge on any atom is -0.405 e. The van der Waals surface area contributed by atoms with Crippen LogP contribution < -0.4 is 5.73 Å². The van der Waals surface area contributed by atoms with Crippen LogP contribution in [0, 0.1) is 28.1 Å². The van der Waals surface area contributed by atoms with Crippen molar-refractivity contribution in [3.05, 3.63) is 144 Å². The summed E-state index contributed by atoms with van der Waals surface area (Å²) in [6.45, 7) is 6.09. The summed E-state index contributed by atoms with van der Waals surface area (Å²) in [5.41, 5.74) is 14.0. The average molecular weight is 541 g/mol. The summed E-state index contributed by atoms with van der Waals surface area (Å²) in [6.07, 6.45) is 5.59. The first-order valence-electron chi connectivity index (χ1n) is 13.5. The monoisotopic (exact) mass is 540 g/mol. The summed E-state index contributed by atoms with van der Waals surface area (Å²) < 4.78 is 0. The Kier molecular flexibility index (Phi) is 7.91. The smallest absolute Gasteiger partial charge is 0.0998 e. The second kappa shape index (κ2) is 12.0. The molecule has 5 aromatic carbocycles. The van der Waals surface area contributed by atoms with E-state index in [0.717, 1.165) is 66.7 Å². The zero-order valence-electron chi connectivity index (χ0n) is 23.2. The van der Waals surface area contributed by atoms with Crippen molar-refractivity contribution in [3.63, 3.8) is 0 Å². The van der Waals surface area contributed by atoms with Crippen LogP contribution in [-0.2, 0) is 0 Å². The Morgan fingerprint density at radius 1 is 0.738 bits per heavy atom. The van der Waals surface area contributed by atoms with Crippen LogP contribution in [-0.4, -0.2) is 6.21 Å². The summed E-state index contributed by atoms with van der Waals surface area (Å²) in [7, 11) is 0. The number of hydrogen-bond donors (Lipinski definition) is 2. The zero-order valence-corrected chi connectivity index (χ0v) is 23.2. The molecule has 42 heavy (non-hydrogen) atoms. The Morgan fingerprint density at radius 2 is 1.24 bits per heavy atom. The lowest BCUT2D eigenvalue weighted by molar-refractivity contribution is 1.46. The molecule has 0 aliphatic rings. The van der Waals surface area contributed by atoms with Crippen molar-refractivity contribution in [1.82, 2.24) is 0 Å².